The maximum Gasteiger partial charge on any atom is 0.371 e. The van der Waals surface area contributed by atoms with Gasteiger partial charge in [-0.2, -0.15) is 0 Å². The summed E-state index contributed by atoms with van der Waals surface area (Å²) in [4.78, 5) is 10.7. The largest absolute Gasteiger partial charge is 0.491 e. The number of rotatable bonds is 5. The van der Waals surface area contributed by atoms with Gasteiger partial charge in [0.05, 0.1) is 6.10 Å². The third kappa shape index (κ3) is 3.61. The Morgan fingerprint density at radius 1 is 1.21 bits per heavy atom. The van der Waals surface area contributed by atoms with Crippen molar-refractivity contribution in [2.24, 2.45) is 0 Å². The van der Waals surface area contributed by atoms with Gasteiger partial charge < -0.3 is 14.3 Å². The standard InChI is InChI=1S/C15H16O4/c1-10(2)18-12-5-3-11(4-6-12)9-13-7-8-14(19-13)15(16)17/h3-8,10H,9H2,1-2H3,(H,16,17). The Morgan fingerprint density at radius 3 is 2.42 bits per heavy atom. The molecule has 0 aliphatic heterocycles. The lowest BCUT2D eigenvalue weighted by molar-refractivity contribution is 0.0660. The zero-order valence-electron chi connectivity index (χ0n) is 10.9. The third-order valence-corrected chi connectivity index (χ3v) is 2.55. The van der Waals surface area contributed by atoms with Gasteiger partial charge in [-0.05, 0) is 43.7 Å². The van der Waals surface area contributed by atoms with E-state index in [0.717, 1.165) is 11.3 Å². The first-order valence-corrected chi connectivity index (χ1v) is 6.12. The van der Waals surface area contributed by atoms with E-state index in [0.29, 0.717) is 12.2 Å². The monoisotopic (exact) mass is 260 g/mol. The Labute approximate surface area is 111 Å². The van der Waals surface area contributed by atoms with E-state index >= 15 is 0 Å². The van der Waals surface area contributed by atoms with Crippen LogP contribution in [-0.4, -0.2) is 17.2 Å². The zero-order chi connectivity index (χ0) is 13.8. The van der Waals surface area contributed by atoms with E-state index in [2.05, 4.69) is 0 Å². The van der Waals surface area contributed by atoms with Crippen LogP contribution in [0.3, 0.4) is 0 Å². The van der Waals surface area contributed by atoms with Crippen LogP contribution >= 0.6 is 0 Å². The van der Waals surface area contributed by atoms with Crippen LogP contribution in [0.1, 0.15) is 35.7 Å². The maximum atomic E-state index is 10.7. The molecular formula is C15H16O4. The summed E-state index contributed by atoms with van der Waals surface area (Å²) in [5.74, 6) is 0.376. The summed E-state index contributed by atoms with van der Waals surface area (Å²) >= 11 is 0. The Bertz CT molecular complexity index is 552. The molecule has 2 aromatic rings. The Kier molecular flexibility index (Phi) is 3.90. The molecule has 0 amide bonds. The zero-order valence-corrected chi connectivity index (χ0v) is 10.9. The van der Waals surface area contributed by atoms with Crippen molar-refractivity contribution < 1.29 is 19.1 Å². The van der Waals surface area contributed by atoms with Crippen molar-refractivity contribution in [2.75, 3.05) is 0 Å². The fraction of sp³-hybridized carbons (Fsp3) is 0.267. The van der Waals surface area contributed by atoms with Crippen LogP contribution < -0.4 is 4.74 Å². The number of hydrogen-bond acceptors (Lipinski definition) is 3. The summed E-state index contributed by atoms with van der Waals surface area (Å²) in [6.45, 7) is 3.95. The van der Waals surface area contributed by atoms with Crippen molar-refractivity contribution in [2.45, 2.75) is 26.4 Å². The number of carboxylic acids is 1. The van der Waals surface area contributed by atoms with Gasteiger partial charge in [0.25, 0.3) is 0 Å². The molecule has 1 heterocycles. The lowest BCUT2D eigenvalue weighted by Gasteiger charge is -2.09. The van der Waals surface area contributed by atoms with Gasteiger partial charge in [-0.25, -0.2) is 4.79 Å². The van der Waals surface area contributed by atoms with Crippen molar-refractivity contribution in [3.63, 3.8) is 0 Å². The molecule has 1 aromatic heterocycles. The van der Waals surface area contributed by atoms with Crippen molar-refractivity contribution >= 4 is 5.97 Å². The van der Waals surface area contributed by atoms with E-state index in [1.54, 1.807) is 6.07 Å². The fourth-order valence-electron chi connectivity index (χ4n) is 1.75. The molecule has 4 nitrogen and oxygen atoms in total. The Morgan fingerprint density at radius 2 is 1.89 bits per heavy atom. The molecule has 100 valence electrons. The number of furan rings is 1. The second-order valence-electron chi connectivity index (χ2n) is 4.56. The van der Waals surface area contributed by atoms with Gasteiger partial charge in [-0.15, -0.1) is 0 Å². The fourth-order valence-corrected chi connectivity index (χ4v) is 1.75. The first-order chi connectivity index (χ1) is 9.04. The van der Waals surface area contributed by atoms with Crippen molar-refractivity contribution in [3.8, 4) is 5.75 Å². The molecule has 0 spiro atoms. The molecule has 0 fully saturated rings. The SMILES string of the molecule is CC(C)Oc1ccc(Cc2ccc(C(=O)O)o2)cc1. The Balaban J connectivity index is 2.04. The van der Waals surface area contributed by atoms with Gasteiger partial charge in [0, 0.05) is 6.42 Å². The number of carbonyl (C=O) groups is 1. The summed E-state index contributed by atoms with van der Waals surface area (Å²) in [7, 11) is 0. The average molecular weight is 260 g/mol. The van der Waals surface area contributed by atoms with Crippen LogP contribution in [0.25, 0.3) is 0 Å². The number of ether oxygens (including phenoxy) is 1. The molecule has 0 atom stereocenters. The number of benzene rings is 1. The first kappa shape index (κ1) is 13.2. The third-order valence-electron chi connectivity index (χ3n) is 2.55. The smallest absolute Gasteiger partial charge is 0.371 e. The van der Waals surface area contributed by atoms with E-state index in [9.17, 15) is 4.79 Å². The predicted octanol–water partition coefficient (Wildman–Crippen LogP) is 3.36. The molecule has 0 radical (unpaired) electrons. The van der Waals surface area contributed by atoms with E-state index in [1.165, 1.54) is 6.07 Å². The minimum absolute atomic E-state index is 0.0326. The molecule has 2 rings (SSSR count). The molecule has 0 aliphatic carbocycles. The molecule has 0 aliphatic rings. The highest BCUT2D eigenvalue weighted by Gasteiger charge is 2.09. The minimum atomic E-state index is -1.05. The highest BCUT2D eigenvalue weighted by molar-refractivity contribution is 5.84. The van der Waals surface area contributed by atoms with Gasteiger partial charge in [-0.1, -0.05) is 12.1 Å². The summed E-state index contributed by atoms with van der Waals surface area (Å²) in [6, 6.07) is 10.8. The van der Waals surface area contributed by atoms with Crippen molar-refractivity contribution in [3.05, 3.63) is 53.5 Å². The molecular weight excluding hydrogens is 244 g/mol. The number of aromatic carboxylic acids is 1. The van der Waals surface area contributed by atoms with Gasteiger partial charge in [0.2, 0.25) is 5.76 Å². The van der Waals surface area contributed by atoms with Crippen LogP contribution in [0, 0.1) is 0 Å². The molecule has 1 N–H and O–H groups in total. The van der Waals surface area contributed by atoms with Crippen LogP contribution in [0.4, 0.5) is 0 Å². The molecule has 0 unspecified atom stereocenters. The van der Waals surface area contributed by atoms with Gasteiger partial charge in [0.1, 0.15) is 11.5 Å². The topological polar surface area (TPSA) is 59.7 Å². The highest BCUT2D eigenvalue weighted by atomic mass is 16.5. The number of carboxylic acid groups (broad SMARTS) is 1. The second-order valence-corrected chi connectivity index (χ2v) is 4.56. The molecule has 0 saturated carbocycles. The highest BCUT2D eigenvalue weighted by Crippen LogP contribution is 2.17. The van der Waals surface area contributed by atoms with E-state index in [4.69, 9.17) is 14.3 Å². The quantitative estimate of drug-likeness (QED) is 0.895. The van der Waals surface area contributed by atoms with Crippen LogP contribution in [-0.2, 0) is 6.42 Å². The summed E-state index contributed by atoms with van der Waals surface area (Å²) in [5, 5.41) is 8.77. The maximum absolute atomic E-state index is 10.7. The van der Waals surface area contributed by atoms with Gasteiger partial charge in [-0.3, -0.25) is 0 Å². The summed E-state index contributed by atoms with van der Waals surface area (Å²) in [5.41, 5.74) is 1.04. The van der Waals surface area contributed by atoms with Crippen LogP contribution in [0.5, 0.6) is 5.75 Å². The van der Waals surface area contributed by atoms with Crippen LogP contribution in [0.15, 0.2) is 40.8 Å². The molecule has 0 saturated heterocycles. The average Bonchev–Trinajstić information content (AvgIpc) is 2.80. The number of hydrogen-bond donors (Lipinski definition) is 1. The van der Waals surface area contributed by atoms with E-state index in [-0.39, 0.29) is 11.9 Å². The predicted molar refractivity (Wildman–Crippen MR) is 70.7 cm³/mol. The second kappa shape index (κ2) is 5.61. The van der Waals surface area contributed by atoms with Gasteiger partial charge in [0.15, 0.2) is 0 Å². The molecule has 4 heteroatoms. The van der Waals surface area contributed by atoms with Crippen LogP contribution in [0.2, 0.25) is 0 Å². The van der Waals surface area contributed by atoms with Gasteiger partial charge >= 0.3 is 5.97 Å². The van der Waals surface area contributed by atoms with E-state index < -0.39 is 5.97 Å². The molecule has 1 aromatic carbocycles. The minimum Gasteiger partial charge on any atom is -0.491 e. The summed E-state index contributed by atoms with van der Waals surface area (Å²) in [6.07, 6.45) is 0.712. The van der Waals surface area contributed by atoms with Crippen molar-refractivity contribution in [1.29, 1.82) is 0 Å². The molecule has 19 heavy (non-hydrogen) atoms. The summed E-state index contributed by atoms with van der Waals surface area (Å²) < 4.78 is 10.8. The molecule has 0 bridgehead atoms. The Hall–Kier alpha value is -2.23. The first-order valence-electron chi connectivity index (χ1n) is 6.12. The normalized spacial score (nSPS) is 10.7. The van der Waals surface area contributed by atoms with Crippen molar-refractivity contribution in [1.82, 2.24) is 0 Å². The van der Waals surface area contributed by atoms with E-state index in [1.807, 2.05) is 38.1 Å². The lowest BCUT2D eigenvalue weighted by Crippen LogP contribution is -2.05. The lowest BCUT2D eigenvalue weighted by atomic mass is 10.1.